The van der Waals surface area contributed by atoms with Crippen LogP contribution in [0.2, 0.25) is 0 Å². The van der Waals surface area contributed by atoms with Gasteiger partial charge in [0.25, 0.3) is 0 Å². The maximum Gasteiger partial charge on any atom is 0.306 e. The number of rotatable bonds is 8. The average molecular weight is 718 g/mol. The zero-order valence-electron chi connectivity index (χ0n) is 32.8. The first kappa shape index (κ1) is 39.3. The van der Waals surface area contributed by atoms with Crippen LogP contribution in [0.15, 0.2) is 11.6 Å². The molecule has 0 N–H and O–H groups in total. The second-order valence-electron chi connectivity index (χ2n) is 17.0. The lowest BCUT2D eigenvalue weighted by Gasteiger charge is -2.44. The van der Waals surface area contributed by atoms with Gasteiger partial charge in [-0.15, -0.1) is 0 Å². The molecule has 3 saturated heterocycles. The van der Waals surface area contributed by atoms with Gasteiger partial charge in [-0.1, -0.05) is 19.9 Å². The first-order chi connectivity index (χ1) is 24.4. The molecule has 51 heavy (non-hydrogen) atoms. The van der Waals surface area contributed by atoms with Crippen molar-refractivity contribution >= 4 is 11.8 Å². The summed E-state index contributed by atoms with van der Waals surface area (Å²) < 4.78 is 44.3. The fraction of sp³-hybridized carbons (Fsp3) is 0.902. The Hall–Kier alpha value is -1.40. The molecule has 0 aromatic rings. The van der Waals surface area contributed by atoms with Crippen LogP contribution < -0.4 is 0 Å². The van der Waals surface area contributed by atoms with Crippen molar-refractivity contribution in [2.75, 3.05) is 27.8 Å². The van der Waals surface area contributed by atoms with Crippen LogP contribution in [0.5, 0.6) is 0 Å². The standard InChI is InChI=1S/C41H67NO9/c1-10-46-39-23(3)25(5)49-41(40(39)45-9)50-28-18-27-14-15-29-31(30(27)19-28)20-33-32(29)21-36(43)47-22(2)12-11-13-35(24(4)38(33)44)51-37-17-16-34(42(7)8)26(6)48-37/h20,22-32,34-35,37,39-41H,10-19,21H2,1-9H3/t22-,23?,24+,25?,26?,27+,28+,29+,30+,31+,32-,34?,35-,37?,39?,40?,41?/m0/s1. The van der Waals surface area contributed by atoms with Crippen LogP contribution in [0.25, 0.3) is 0 Å². The highest BCUT2D eigenvalue weighted by Crippen LogP contribution is 2.57. The third kappa shape index (κ3) is 8.47. The normalized spacial score (nSPS) is 46.7. The molecule has 2 saturated carbocycles. The number of Topliss-reactive ketones (excluding diaryl/α,β-unsaturated/α-hetero) is 1. The smallest absolute Gasteiger partial charge is 0.306 e. The molecule has 0 aromatic heterocycles. The van der Waals surface area contributed by atoms with E-state index in [1.54, 1.807) is 7.11 Å². The number of ether oxygens (including phenoxy) is 7. The molecule has 3 aliphatic carbocycles. The molecule has 17 atom stereocenters. The molecule has 6 rings (SSSR count). The molecule has 8 unspecified atom stereocenters. The lowest BCUT2D eigenvalue weighted by atomic mass is 9.66. The summed E-state index contributed by atoms with van der Waals surface area (Å²) in [4.78, 5) is 30.2. The van der Waals surface area contributed by atoms with Crippen LogP contribution in [0.1, 0.15) is 106 Å². The maximum absolute atomic E-state index is 14.6. The number of carbonyl (C=O) groups is 2. The third-order valence-electron chi connectivity index (χ3n) is 13.7. The SMILES string of the molecule is CCOC1C(C)C(C)OC(O[C@@H]2C[C@H]3CC[C@@H]4[C@@H](C=C5C(=O)[C@H](C)[C@@H](OC6CCC(N(C)C)C(C)O6)CCC[C@H](C)OC(=O)C[C@H]54)[C@@H]3C2)C1OC. The summed E-state index contributed by atoms with van der Waals surface area (Å²) in [5, 5.41) is 0. The molecule has 0 radical (unpaired) electrons. The van der Waals surface area contributed by atoms with E-state index in [1.165, 1.54) is 0 Å². The van der Waals surface area contributed by atoms with Gasteiger partial charge < -0.3 is 38.1 Å². The Morgan fingerprint density at radius 1 is 0.863 bits per heavy atom. The summed E-state index contributed by atoms with van der Waals surface area (Å²) in [5.41, 5.74) is 0.823. The van der Waals surface area contributed by atoms with Crippen molar-refractivity contribution in [1.82, 2.24) is 4.90 Å². The van der Waals surface area contributed by atoms with E-state index in [2.05, 4.69) is 45.8 Å². The summed E-state index contributed by atoms with van der Waals surface area (Å²) >= 11 is 0. The number of cyclic esters (lactones) is 1. The van der Waals surface area contributed by atoms with Crippen LogP contribution >= 0.6 is 0 Å². The Balaban J connectivity index is 1.19. The van der Waals surface area contributed by atoms with E-state index >= 15 is 0 Å². The van der Waals surface area contributed by atoms with Crippen LogP contribution in [-0.2, 0) is 42.7 Å². The minimum Gasteiger partial charge on any atom is -0.463 e. The third-order valence-corrected chi connectivity index (χ3v) is 13.7. The molecule has 0 aromatic carbocycles. The number of fused-ring (bicyclic) bond motifs is 5. The minimum atomic E-state index is -0.489. The van der Waals surface area contributed by atoms with Crippen LogP contribution in [0, 0.1) is 41.4 Å². The molecule has 10 heteroatoms. The van der Waals surface area contributed by atoms with Crippen LogP contribution in [-0.4, -0.2) is 106 Å². The molecule has 5 fully saturated rings. The molecule has 6 aliphatic rings. The van der Waals surface area contributed by atoms with Crippen molar-refractivity contribution in [2.45, 2.75) is 167 Å². The van der Waals surface area contributed by atoms with Gasteiger partial charge in [-0.05, 0) is 129 Å². The number of hydrogen-bond acceptors (Lipinski definition) is 10. The van der Waals surface area contributed by atoms with Crippen LogP contribution in [0.4, 0.5) is 0 Å². The number of likely N-dealkylation sites (N-methyl/N-ethyl adjacent to an activating group) is 1. The van der Waals surface area contributed by atoms with Gasteiger partial charge in [0.15, 0.2) is 18.4 Å². The largest absolute Gasteiger partial charge is 0.463 e. The van der Waals surface area contributed by atoms with Crippen LogP contribution in [0.3, 0.4) is 0 Å². The van der Waals surface area contributed by atoms with E-state index in [9.17, 15) is 9.59 Å². The highest BCUT2D eigenvalue weighted by molar-refractivity contribution is 5.99. The highest BCUT2D eigenvalue weighted by Gasteiger charge is 2.53. The number of nitrogens with zero attached hydrogens (tertiary/aromatic N) is 1. The van der Waals surface area contributed by atoms with Crippen molar-refractivity contribution in [3.05, 3.63) is 11.6 Å². The molecule has 0 spiro atoms. The molecule has 3 heterocycles. The minimum absolute atomic E-state index is 0.00514. The average Bonchev–Trinajstić information content (AvgIpc) is 3.66. The Labute approximate surface area is 306 Å². The summed E-state index contributed by atoms with van der Waals surface area (Å²) in [6, 6.07) is 0.351. The Bertz CT molecular complexity index is 1230. The maximum atomic E-state index is 14.6. The fourth-order valence-electron chi connectivity index (χ4n) is 10.8. The lowest BCUT2D eigenvalue weighted by Crippen LogP contribution is -2.56. The van der Waals surface area contributed by atoms with Gasteiger partial charge in [-0.2, -0.15) is 0 Å². The summed E-state index contributed by atoms with van der Waals surface area (Å²) in [6.07, 6.45) is 9.02. The van der Waals surface area contributed by atoms with Crippen molar-refractivity contribution < 1.29 is 42.7 Å². The lowest BCUT2D eigenvalue weighted by molar-refractivity contribution is -0.302. The molecule has 290 valence electrons. The summed E-state index contributed by atoms with van der Waals surface area (Å²) in [6.45, 7) is 13.0. The zero-order valence-corrected chi connectivity index (χ0v) is 32.8. The summed E-state index contributed by atoms with van der Waals surface area (Å²) in [7, 11) is 5.91. The molecular weight excluding hydrogens is 650 g/mol. The van der Waals surface area contributed by atoms with E-state index in [-0.39, 0.29) is 96.8 Å². The predicted molar refractivity (Wildman–Crippen MR) is 193 cm³/mol. The molecular formula is C41H67NO9. The van der Waals surface area contributed by atoms with Gasteiger partial charge in [0.05, 0.1) is 43.0 Å². The second kappa shape index (κ2) is 17.0. The number of esters is 1. The van der Waals surface area contributed by atoms with Crippen molar-refractivity contribution in [1.29, 1.82) is 0 Å². The molecule has 3 aliphatic heterocycles. The first-order valence-corrected chi connectivity index (χ1v) is 20.3. The van der Waals surface area contributed by atoms with Crippen molar-refractivity contribution in [3.63, 3.8) is 0 Å². The molecule has 10 nitrogen and oxygen atoms in total. The number of allylic oxidation sites excluding steroid dienone is 2. The monoisotopic (exact) mass is 717 g/mol. The highest BCUT2D eigenvalue weighted by atomic mass is 16.7. The zero-order chi connectivity index (χ0) is 36.6. The number of methoxy groups -OCH3 is 1. The van der Waals surface area contributed by atoms with E-state index in [1.807, 2.05) is 20.8 Å². The van der Waals surface area contributed by atoms with Crippen molar-refractivity contribution in [2.24, 2.45) is 41.4 Å². The molecule has 0 amide bonds. The van der Waals surface area contributed by atoms with Gasteiger partial charge in [0.2, 0.25) is 0 Å². The quantitative estimate of drug-likeness (QED) is 0.265. The van der Waals surface area contributed by atoms with E-state index in [4.69, 9.17) is 33.2 Å². The number of ketones is 1. The summed E-state index contributed by atoms with van der Waals surface area (Å²) in [5.74, 6) is 1.04. The Morgan fingerprint density at radius 2 is 1.65 bits per heavy atom. The number of hydrogen-bond donors (Lipinski definition) is 0. The molecule has 0 bridgehead atoms. The van der Waals surface area contributed by atoms with E-state index in [0.717, 1.165) is 63.4 Å². The number of carbonyl (C=O) groups excluding carboxylic acids is 2. The van der Waals surface area contributed by atoms with E-state index in [0.29, 0.717) is 24.5 Å². The second-order valence-corrected chi connectivity index (χ2v) is 17.0. The Kier molecular flexibility index (Phi) is 13.1. The van der Waals surface area contributed by atoms with Gasteiger partial charge in [-0.3, -0.25) is 9.59 Å². The van der Waals surface area contributed by atoms with Gasteiger partial charge in [-0.25, -0.2) is 0 Å². The van der Waals surface area contributed by atoms with E-state index < -0.39 is 6.29 Å². The topological polar surface area (TPSA) is 102 Å². The predicted octanol–water partition coefficient (Wildman–Crippen LogP) is 6.33. The first-order valence-electron chi connectivity index (χ1n) is 20.3. The van der Waals surface area contributed by atoms with Gasteiger partial charge in [0, 0.05) is 37.5 Å². The van der Waals surface area contributed by atoms with Gasteiger partial charge in [0.1, 0.15) is 6.10 Å². The van der Waals surface area contributed by atoms with Crippen molar-refractivity contribution in [3.8, 4) is 0 Å². The van der Waals surface area contributed by atoms with Gasteiger partial charge >= 0.3 is 5.97 Å². The fourth-order valence-corrected chi connectivity index (χ4v) is 10.8. The Morgan fingerprint density at radius 3 is 2.35 bits per heavy atom.